The third-order valence-corrected chi connectivity index (χ3v) is 2.75. The number of hydrogen-bond donors (Lipinski definition) is 2. The minimum atomic E-state index is -0.865. The molecule has 0 heterocycles. The van der Waals surface area contributed by atoms with Crippen LogP contribution in [0.15, 0.2) is 12.7 Å². The normalized spacial score (nSPS) is 37.6. The smallest absolute Gasteiger partial charge is 0.308 e. The summed E-state index contributed by atoms with van der Waals surface area (Å²) in [5, 5.41) is 19.0. The van der Waals surface area contributed by atoms with Crippen molar-refractivity contribution in [3.8, 4) is 0 Å². The van der Waals surface area contributed by atoms with E-state index in [4.69, 9.17) is 0 Å². The van der Waals surface area contributed by atoms with Crippen molar-refractivity contribution in [3.05, 3.63) is 12.7 Å². The number of rotatable bonds is 2. The van der Waals surface area contributed by atoms with Gasteiger partial charge in [0.2, 0.25) is 0 Å². The predicted octanol–water partition coefficient (Wildman–Crippen LogP) is 0.0934. The molecule has 0 aromatic rings. The number of ether oxygens (including phenoxy) is 1. The predicted molar refractivity (Wildman–Crippen MR) is 50.4 cm³/mol. The fourth-order valence-electron chi connectivity index (χ4n) is 1.88. The van der Waals surface area contributed by atoms with Gasteiger partial charge < -0.3 is 14.9 Å². The van der Waals surface area contributed by atoms with E-state index in [0.29, 0.717) is 6.42 Å². The molecule has 4 nitrogen and oxygen atoms in total. The molecule has 1 fully saturated rings. The SMILES string of the molecule is C=CC1CC(C(=O)OC)CC(O)C1O. The van der Waals surface area contributed by atoms with E-state index in [2.05, 4.69) is 11.3 Å². The average molecular weight is 200 g/mol. The second kappa shape index (κ2) is 4.57. The number of methoxy groups -OCH3 is 1. The second-order valence-corrected chi connectivity index (χ2v) is 3.65. The molecule has 0 aromatic carbocycles. The number of aliphatic hydroxyl groups excluding tert-OH is 2. The summed E-state index contributed by atoms with van der Waals surface area (Å²) in [7, 11) is 1.32. The van der Waals surface area contributed by atoms with Gasteiger partial charge in [-0.1, -0.05) is 6.08 Å². The van der Waals surface area contributed by atoms with E-state index in [-0.39, 0.29) is 24.2 Å². The van der Waals surface area contributed by atoms with Crippen LogP contribution in [0.2, 0.25) is 0 Å². The summed E-state index contributed by atoms with van der Waals surface area (Å²) < 4.78 is 4.60. The van der Waals surface area contributed by atoms with Gasteiger partial charge >= 0.3 is 5.97 Å². The molecule has 0 spiro atoms. The lowest BCUT2D eigenvalue weighted by Crippen LogP contribution is -2.42. The number of esters is 1. The maximum atomic E-state index is 11.2. The van der Waals surface area contributed by atoms with Gasteiger partial charge in [-0.3, -0.25) is 4.79 Å². The van der Waals surface area contributed by atoms with Crippen LogP contribution in [0.4, 0.5) is 0 Å². The molecule has 4 atom stereocenters. The van der Waals surface area contributed by atoms with Gasteiger partial charge in [0.25, 0.3) is 0 Å². The van der Waals surface area contributed by atoms with Crippen LogP contribution >= 0.6 is 0 Å². The van der Waals surface area contributed by atoms with E-state index in [0.717, 1.165) is 0 Å². The Morgan fingerprint density at radius 3 is 2.64 bits per heavy atom. The Morgan fingerprint density at radius 1 is 1.50 bits per heavy atom. The van der Waals surface area contributed by atoms with Gasteiger partial charge in [-0.05, 0) is 12.8 Å². The monoisotopic (exact) mass is 200 g/mol. The highest BCUT2D eigenvalue weighted by atomic mass is 16.5. The first kappa shape index (κ1) is 11.2. The largest absolute Gasteiger partial charge is 0.469 e. The summed E-state index contributed by atoms with van der Waals surface area (Å²) in [6.45, 7) is 3.57. The quantitative estimate of drug-likeness (QED) is 0.490. The highest BCUT2D eigenvalue weighted by molar-refractivity contribution is 5.72. The van der Waals surface area contributed by atoms with Crippen molar-refractivity contribution in [2.45, 2.75) is 25.0 Å². The zero-order valence-electron chi connectivity index (χ0n) is 8.22. The van der Waals surface area contributed by atoms with Crippen molar-refractivity contribution in [1.29, 1.82) is 0 Å². The maximum Gasteiger partial charge on any atom is 0.308 e. The summed E-state index contributed by atoms with van der Waals surface area (Å²) in [6.07, 6.45) is 0.652. The molecule has 4 heteroatoms. The van der Waals surface area contributed by atoms with Crippen molar-refractivity contribution in [1.82, 2.24) is 0 Å². The first-order valence-corrected chi connectivity index (χ1v) is 4.66. The zero-order chi connectivity index (χ0) is 10.7. The van der Waals surface area contributed by atoms with E-state index in [1.54, 1.807) is 6.08 Å². The van der Waals surface area contributed by atoms with Gasteiger partial charge in [-0.25, -0.2) is 0 Å². The molecule has 4 unspecified atom stereocenters. The molecule has 0 amide bonds. The molecule has 0 radical (unpaired) electrons. The Labute approximate surface area is 83.2 Å². The van der Waals surface area contributed by atoms with Gasteiger partial charge in [0.05, 0.1) is 25.2 Å². The number of carbonyl (C=O) groups is 1. The minimum absolute atomic E-state index is 0.233. The fourth-order valence-corrected chi connectivity index (χ4v) is 1.88. The molecular formula is C10H16O4. The van der Waals surface area contributed by atoms with E-state index >= 15 is 0 Å². The van der Waals surface area contributed by atoms with Gasteiger partial charge in [-0.15, -0.1) is 6.58 Å². The molecule has 0 aromatic heterocycles. The third kappa shape index (κ3) is 2.13. The van der Waals surface area contributed by atoms with Crippen LogP contribution < -0.4 is 0 Å². The Hall–Kier alpha value is -0.870. The van der Waals surface area contributed by atoms with Crippen molar-refractivity contribution in [2.75, 3.05) is 7.11 Å². The van der Waals surface area contributed by atoms with E-state index in [1.165, 1.54) is 7.11 Å². The second-order valence-electron chi connectivity index (χ2n) is 3.65. The first-order valence-electron chi connectivity index (χ1n) is 4.66. The number of aliphatic hydroxyl groups is 2. The van der Waals surface area contributed by atoms with E-state index in [1.807, 2.05) is 0 Å². The van der Waals surface area contributed by atoms with Crippen LogP contribution in [0.3, 0.4) is 0 Å². The molecular weight excluding hydrogens is 184 g/mol. The molecule has 1 saturated carbocycles. The summed E-state index contributed by atoms with van der Waals surface area (Å²) >= 11 is 0. The Kier molecular flexibility index (Phi) is 3.66. The lowest BCUT2D eigenvalue weighted by atomic mass is 9.78. The van der Waals surface area contributed by atoms with Crippen LogP contribution in [0.25, 0.3) is 0 Å². The summed E-state index contributed by atoms with van der Waals surface area (Å²) in [4.78, 5) is 11.2. The Balaban J connectivity index is 2.67. The zero-order valence-corrected chi connectivity index (χ0v) is 8.22. The summed E-state index contributed by atoms with van der Waals surface area (Å²) in [5.74, 6) is -0.896. The molecule has 1 aliphatic rings. The topological polar surface area (TPSA) is 66.8 Å². The maximum absolute atomic E-state index is 11.2. The van der Waals surface area contributed by atoms with Gasteiger partial charge in [-0.2, -0.15) is 0 Å². The van der Waals surface area contributed by atoms with Crippen molar-refractivity contribution in [3.63, 3.8) is 0 Å². The third-order valence-electron chi connectivity index (χ3n) is 2.75. The van der Waals surface area contributed by atoms with E-state index in [9.17, 15) is 15.0 Å². The van der Waals surface area contributed by atoms with Crippen LogP contribution in [0.5, 0.6) is 0 Å². The first-order chi connectivity index (χ1) is 6.60. The number of carbonyl (C=O) groups excluding carboxylic acids is 1. The summed E-state index contributed by atoms with van der Waals surface area (Å²) in [6, 6.07) is 0. The average Bonchev–Trinajstić information content (AvgIpc) is 2.20. The molecule has 0 bridgehead atoms. The van der Waals surface area contributed by atoms with Crippen LogP contribution in [-0.4, -0.2) is 35.5 Å². The van der Waals surface area contributed by atoms with Crippen LogP contribution in [0, 0.1) is 11.8 Å². The Morgan fingerprint density at radius 2 is 2.14 bits per heavy atom. The molecule has 80 valence electrons. The molecule has 0 saturated heterocycles. The van der Waals surface area contributed by atoms with Gasteiger partial charge in [0, 0.05) is 5.92 Å². The standard InChI is InChI=1S/C10H16O4/c1-3-6-4-7(10(13)14-2)5-8(11)9(6)12/h3,6-9,11-12H,1,4-5H2,2H3. The van der Waals surface area contributed by atoms with Crippen LogP contribution in [0.1, 0.15) is 12.8 Å². The number of hydrogen-bond acceptors (Lipinski definition) is 4. The van der Waals surface area contributed by atoms with Crippen molar-refractivity contribution >= 4 is 5.97 Å². The van der Waals surface area contributed by atoms with Crippen LogP contribution in [-0.2, 0) is 9.53 Å². The Bertz CT molecular complexity index is 226. The summed E-state index contributed by atoms with van der Waals surface area (Å²) in [5.41, 5.74) is 0. The minimum Gasteiger partial charge on any atom is -0.469 e. The van der Waals surface area contributed by atoms with Gasteiger partial charge in [0.1, 0.15) is 0 Å². The molecule has 1 rings (SSSR count). The van der Waals surface area contributed by atoms with Crippen molar-refractivity contribution in [2.24, 2.45) is 11.8 Å². The fraction of sp³-hybridized carbons (Fsp3) is 0.700. The van der Waals surface area contributed by atoms with E-state index < -0.39 is 12.2 Å². The highest BCUT2D eigenvalue weighted by Crippen LogP contribution is 2.31. The highest BCUT2D eigenvalue weighted by Gasteiger charge is 2.37. The molecule has 14 heavy (non-hydrogen) atoms. The molecule has 0 aliphatic heterocycles. The molecule has 2 N–H and O–H groups in total. The van der Waals surface area contributed by atoms with Crippen molar-refractivity contribution < 1.29 is 19.7 Å². The lowest BCUT2D eigenvalue weighted by molar-refractivity contribution is -0.151. The lowest BCUT2D eigenvalue weighted by Gasteiger charge is -2.33. The van der Waals surface area contributed by atoms with Gasteiger partial charge in [0.15, 0.2) is 0 Å². The molecule has 1 aliphatic carbocycles.